The van der Waals surface area contributed by atoms with Gasteiger partial charge in [0.1, 0.15) is 17.7 Å². The van der Waals surface area contributed by atoms with Crippen molar-refractivity contribution in [3.05, 3.63) is 35.3 Å². The lowest BCUT2D eigenvalue weighted by Crippen LogP contribution is -2.32. The zero-order chi connectivity index (χ0) is 30.6. The van der Waals surface area contributed by atoms with Crippen LogP contribution < -0.4 is 17.2 Å². The second kappa shape index (κ2) is 15.7. The second-order valence-electron chi connectivity index (χ2n) is 8.69. The van der Waals surface area contributed by atoms with E-state index in [-0.39, 0.29) is 49.4 Å². The maximum absolute atomic E-state index is 11.4. The molecule has 0 aromatic carbocycles. The highest BCUT2D eigenvalue weighted by Gasteiger charge is 2.18. The third-order valence-electron chi connectivity index (χ3n) is 5.18. The number of esters is 2. The van der Waals surface area contributed by atoms with Crippen molar-refractivity contribution in [1.82, 2.24) is 29.1 Å². The third-order valence-corrected chi connectivity index (χ3v) is 5.66. The summed E-state index contributed by atoms with van der Waals surface area (Å²) in [7, 11) is -4.31. The van der Waals surface area contributed by atoms with Gasteiger partial charge < -0.3 is 45.1 Å². The fraction of sp³-hybridized carbons (Fsp3) is 0.500. The topological polar surface area (TPSA) is 270 Å². The molecule has 226 valence electrons. The average Bonchev–Trinajstić information content (AvgIpc) is 3.28. The van der Waals surface area contributed by atoms with Crippen molar-refractivity contribution in [2.45, 2.75) is 39.5 Å². The molecule has 0 radical (unpaired) electrons. The summed E-state index contributed by atoms with van der Waals surface area (Å²) >= 11 is 0. The van der Waals surface area contributed by atoms with Gasteiger partial charge in [0.2, 0.25) is 5.95 Å². The van der Waals surface area contributed by atoms with Gasteiger partial charge in [-0.25, -0.2) is 14.8 Å². The molecule has 41 heavy (non-hydrogen) atoms. The van der Waals surface area contributed by atoms with Crippen molar-refractivity contribution in [2.24, 2.45) is 5.92 Å². The van der Waals surface area contributed by atoms with Crippen LogP contribution in [-0.2, 0) is 41.5 Å². The number of ether oxygens (including phenoxy) is 3. The molecule has 3 rings (SSSR count). The summed E-state index contributed by atoms with van der Waals surface area (Å²) in [4.78, 5) is 66.2. The normalized spacial score (nSPS) is 12.0. The number of fused-ring (bicyclic) bond motifs is 1. The zero-order valence-electron chi connectivity index (χ0n) is 22.4. The van der Waals surface area contributed by atoms with E-state index in [4.69, 9.17) is 40.6 Å². The van der Waals surface area contributed by atoms with E-state index in [0.29, 0.717) is 24.1 Å². The van der Waals surface area contributed by atoms with Crippen LogP contribution in [0.5, 0.6) is 0 Å². The molecule has 0 spiro atoms. The molecule has 3 aromatic rings. The smallest absolute Gasteiger partial charge is 0.350 e. The summed E-state index contributed by atoms with van der Waals surface area (Å²) in [6.07, 6.45) is 3.44. The Labute approximate surface area is 233 Å². The Morgan fingerprint density at radius 2 is 1.73 bits per heavy atom. The van der Waals surface area contributed by atoms with Crippen LogP contribution in [0.25, 0.3) is 11.2 Å². The van der Waals surface area contributed by atoms with E-state index in [2.05, 4.69) is 19.9 Å². The molecule has 0 saturated carbocycles. The van der Waals surface area contributed by atoms with Gasteiger partial charge in [0.05, 0.1) is 45.0 Å². The van der Waals surface area contributed by atoms with E-state index in [1.807, 2.05) is 4.57 Å². The number of aliphatic hydroxyl groups is 1. The van der Waals surface area contributed by atoms with Crippen LogP contribution in [0.15, 0.2) is 29.6 Å². The predicted octanol–water partition coefficient (Wildman–Crippen LogP) is -1.12. The van der Waals surface area contributed by atoms with Crippen LogP contribution in [0.2, 0.25) is 0 Å². The number of carbonyl (C=O) groups excluding carboxylic acids is 2. The molecule has 7 N–H and O–H groups in total. The van der Waals surface area contributed by atoms with Gasteiger partial charge in [0.15, 0.2) is 5.65 Å². The number of nitrogen functional groups attached to an aromatic ring is 2. The van der Waals surface area contributed by atoms with Gasteiger partial charge in [-0.2, -0.15) is 9.97 Å². The molecule has 19 heteroatoms. The maximum atomic E-state index is 11.4. The lowest BCUT2D eigenvalue weighted by atomic mass is 10.1. The number of aliphatic hydroxyl groups excluding tert-OH is 1. The van der Waals surface area contributed by atoms with Gasteiger partial charge >= 0.3 is 25.2 Å². The molecule has 0 unspecified atom stereocenters. The SMILES string of the molecule is CC(=O)OCC(CCn1cnc2cnc(N)nc21)COC(C)=O.Nc1ccn(C[C@@H](CO)OCP(=O)(O)O)c(=O)n1. The predicted molar refractivity (Wildman–Crippen MR) is 143 cm³/mol. The minimum atomic E-state index is -4.31. The fourth-order valence-electron chi connectivity index (χ4n) is 3.21. The fourth-order valence-corrected chi connectivity index (χ4v) is 3.61. The van der Waals surface area contributed by atoms with Crippen molar-refractivity contribution < 1.29 is 43.3 Å². The molecule has 1 atom stereocenters. The van der Waals surface area contributed by atoms with E-state index in [1.165, 1.54) is 26.1 Å². The summed E-state index contributed by atoms with van der Waals surface area (Å²) in [6, 6.07) is 1.39. The molecule has 0 aliphatic heterocycles. The van der Waals surface area contributed by atoms with Crippen LogP contribution >= 0.6 is 7.60 Å². The quantitative estimate of drug-likeness (QED) is 0.115. The van der Waals surface area contributed by atoms with Gasteiger partial charge in [-0.1, -0.05) is 0 Å². The Morgan fingerprint density at radius 3 is 2.29 bits per heavy atom. The molecule has 0 amide bonds. The van der Waals surface area contributed by atoms with E-state index < -0.39 is 32.3 Å². The number of rotatable bonds is 13. The van der Waals surface area contributed by atoms with Crippen molar-refractivity contribution in [3.63, 3.8) is 0 Å². The van der Waals surface area contributed by atoms with E-state index in [0.717, 1.165) is 4.57 Å². The molecule has 0 saturated heterocycles. The van der Waals surface area contributed by atoms with Crippen molar-refractivity contribution >= 4 is 42.5 Å². The standard InChI is InChI=1S/C14H19N5O4.C8H14N3O6P/c1-9(20)22-6-11(7-23-10(2)21)3-4-19-8-17-12-5-16-14(15)18-13(12)19;9-7-1-2-11(8(13)10-7)3-6(4-12)17-5-18(14,15)16/h5,8,11H,3-4,6-7H2,1-2H3,(H2,15,16,18);1-2,6,12H,3-5H2,(H2,9,10,13)(H2,14,15,16)/t;6-/m.0/s1. The number of carbonyl (C=O) groups is 2. The van der Waals surface area contributed by atoms with Crippen LogP contribution in [-0.4, -0.2) is 88.2 Å². The Balaban J connectivity index is 0.000000296. The Kier molecular flexibility index (Phi) is 12.8. The number of hydrogen-bond acceptors (Lipinski definition) is 14. The minimum Gasteiger partial charge on any atom is -0.465 e. The molecule has 0 fully saturated rings. The Hall–Kier alpha value is -3.96. The van der Waals surface area contributed by atoms with Crippen LogP contribution in [0.4, 0.5) is 11.8 Å². The molecular formula is C22H33N8O10P. The average molecular weight is 601 g/mol. The first-order valence-corrected chi connectivity index (χ1v) is 13.9. The number of aryl methyl sites for hydroxylation is 1. The molecule has 3 heterocycles. The number of aromatic nitrogens is 6. The summed E-state index contributed by atoms with van der Waals surface area (Å²) in [5, 5.41) is 8.99. The van der Waals surface area contributed by atoms with Gasteiger partial charge in [-0.15, -0.1) is 0 Å². The molecule has 3 aromatic heterocycles. The second-order valence-corrected chi connectivity index (χ2v) is 10.3. The first kappa shape index (κ1) is 33.2. The van der Waals surface area contributed by atoms with Crippen LogP contribution in [0.3, 0.4) is 0 Å². The van der Waals surface area contributed by atoms with E-state index in [9.17, 15) is 18.9 Å². The summed E-state index contributed by atoms with van der Waals surface area (Å²) in [6.45, 7) is 3.05. The number of hydrogen-bond donors (Lipinski definition) is 5. The lowest BCUT2D eigenvalue weighted by molar-refractivity contribution is -0.146. The molecule has 18 nitrogen and oxygen atoms in total. The van der Waals surface area contributed by atoms with E-state index in [1.54, 1.807) is 12.5 Å². The number of nitrogens with two attached hydrogens (primary N) is 2. The number of imidazole rings is 1. The van der Waals surface area contributed by atoms with Crippen molar-refractivity contribution in [2.75, 3.05) is 37.6 Å². The van der Waals surface area contributed by atoms with Gasteiger partial charge in [-0.05, 0) is 12.5 Å². The highest BCUT2D eigenvalue weighted by atomic mass is 31.2. The van der Waals surface area contributed by atoms with Crippen LogP contribution in [0, 0.1) is 5.92 Å². The van der Waals surface area contributed by atoms with E-state index >= 15 is 0 Å². The third kappa shape index (κ3) is 12.4. The van der Waals surface area contributed by atoms with Gasteiger partial charge in [0, 0.05) is 32.5 Å². The molecular weight excluding hydrogens is 567 g/mol. The summed E-state index contributed by atoms with van der Waals surface area (Å²) in [5.74, 6) is -0.610. The monoisotopic (exact) mass is 600 g/mol. The first-order valence-electron chi connectivity index (χ1n) is 12.1. The number of anilines is 2. The molecule has 0 aliphatic rings. The maximum Gasteiger partial charge on any atom is 0.350 e. The first-order chi connectivity index (χ1) is 19.3. The van der Waals surface area contributed by atoms with Gasteiger partial charge in [0.25, 0.3) is 0 Å². The van der Waals surface area contributed by atoms with Crippen LogP contribution in [0.1, 0.15) is 20.3 Å². The van der Waals surface area contributed by atoms with Crippen molar-refractivity contribution in [1.29, 1.82) is 0 Å². The minimum absolute atomic E-state index is 0.0629. The summed E-state index contributed by atoms with van der Waals surface area (Å²) in [5.41, 5.74) is 11.5. The molecule has 0 aliphatic carbocycles. The zero-order valence-corrected chi connectivity index (χ0v) is 23.3. The van der Waals surface area contributed by atoms with Crippen molar-refractivity contribution in [3.8, 4) is 0 Å². The Morgan fingerprint density at radius 1 is 1.07 bits per heavy atom. The van der Waals surface area contributed by atoms with Gasteiger partial charge in [-0.3, -0.25) is 18.7 Å². The molecule has 0 bridgehead atoms. The highest BCUT2D eigenvalue weighted by Crippen LogP contribution is 2.34. The lowest BCUT2D eigenvalue weighted by Gasteiger charge is -2.16. The largest absolute Gasteiger partial charge is 0.465 e. The Bertz CT molecular complexity index is 1390. The number of nitrogens with zero attached hydrogens (tertiary/aromatic N) is 6. The summed E-state index contributed by atoms with van der Waals surface area (Å²) < 4.78 is 28.4. The highest BCUT2D eigenvalue weighted by molar-refractivity contribution is 7.51.